The highest BCUT2D eigenvalue weighted by molar-refractivity contribution is 7.17. The third-order valence-corrected chi connectivity index (χ3v) is 4.40. The summed E-state index contributed by atoms with van der Waals surface area (Å²) in [5.41, 5.74) is 3.96. The Hall–Kier alpha value is -1.92. The number of carbonyl (C=O) groups is 1. The van der Waals surface area contributed by atoms with Gasteiger partial charge in [0.15, 0.2) is 0 Å². The van der Waals surface area contributed by atoms with Crippen molar-refractivity contribution >= 4 is 17.2 Å². The molecular formula is C14H15N3O2S. The summed E-state index contributed by atoms with van der Waals surface area (Å²) in [6.45, 7) is 0. The number of thiazole rings is 1. The van der Waals surface area contributed by atoms with Crippen molar-refractivity contribution in [3.63, 3.8) is 0 Å². The molecule has 0 unspecified atom stereocenters. The largest absolute Gasteiger partial charge is 0.496 e. The summed E-state index contributed by atoms with van der Waals surface area (Å²) in [5, 5.41) is 0.794. The second-order valence-electron chi connectivity index (χ2n) is 4.68. The van der Waals surface area contributed by atoms with Crippen LogP contribution in [0.3, 0.4) is 0 Å². The van der Waals surface area contributed by atoms with E-state index in [4.69, 9.17) is 10.6 Å². The van der Waals surface area contributed by atoms with Crippen LogP contribution >= 0.6 is 11.3 Å². The van der Waals surface area contributed by atoms with E-state index in [1.165, 1.54) is 11.3 Å². The zero-order chi connectivity index (χ0) is 14.1. The molecule has 0 saturated heterocycles. The maximum atomic E-state index is 11.9. The number of nitrogens with one attached hydrogen (secondary N) is 1. The van der Waals surface area contributed by atoms with Crippen molar-refractivity contribution in [1.82, 2.24) is 10.4 Å². The molecule has 1 heterocycles. The maximum Gasteiger partial charge on any atom is 0.277 e. The van der Waals surface area contributed by atoms with Crippen LogP contribution in [0.1, 0.15) is 34.1 Å². The van der Waals surface area contributed by atoms with Gasteiger partial charge >= 0.3 is 0 Å². The maximum absolute atomic E-state index is 11.9. The molecule has 5 nitrogen and oxygen atoms in total. The lowest BCUT2D eigenvalue weighted by Crippen LogP contribution is -2.30. The fraction of sp³-hybridized carbons (Fsp3) is 0.286. The number of nitrogens with zero attached hydrogens (tertiary/aromatic N) is 1. The van der Waals surface area contributed by atoms with Crippen LogP contribution in [-0.4, -0.2) is 18.0 Å². The van der Waals surface area contributed by atoms with Gasteiger partial charge < -0.3 is 4.74 Å². The van der Waals surface area contributed by atoms with Crippen LogP contribution in [0.5, 0.6) is 5.75 Å². The van der Waals surface area contributed by atoms with Crippen LogP contribution in [0, 0.1) is 0 Å². The summed E-state index contributed by atoms with van der Waals surface area (Å²) in [5.74, 6) is 6.12. The summed E-state index contributed by atoms with van der Waals surface area (Å²) < 4.78 is 5.35. The van der Waals surface area contributed by atoms with E-state index in [1.807, 2.05) is 24.3 Å². The van der Waals surface area contributed by atoms with E-state index >= 15 is 0 Å². The third-order valence-electron chi connectivity index (χ3n) is 3.29. The lowest BCUT2D eigenvalue weighted by Gasteiger charge is -2.04. The summed E-state index contributed by atoms with van der Waals surface area (Å²) >= 11 is 1.36. The number of benzene rings is 1. The van der Waals surface area contributed by atoms with Crippen molar-refractivity contribution in [2.75, 3.05) is 7.11 Å². The van der Waals surface area contributed by atoms with Gasteiger partial charge in [-0.15, -0.1) is 11.3 Å². The van der Waals surface area contributed by atoms with Gasteiger partial charge in [0, 0.05) is 5.92 Å². The third kappa shape index (κ3) is 2.28. The van der Waals surface area contributed by atoms with Crippen LogP contribution in [0.25, 0.3) is 10.6 Å². The van der Waals surface area contributed by atoms with Crippen molar-refractivity contribution in [3.8, 4) is 16.3 Å². The molecule has 0 spiro atoms. The number of hydrogen-bond acceptors (Lipinski definition) is 5. The van der Waals surface area contributed by atoms with Crippen LogP contribution in [0.15, 0.2) is 24.3 Å². The molecule has 1 saturated carbocycles. The predicted octanol–water partition coefficient (Wildman–Crippen LogP) is 2.30. The fourth-order valence-corrected chi connectivity index (χ4v) is 3.21. The van der Waals surface area contributed by atoms with Crippen molar-refractivity contribution in [3.05, 3.63) is 34.8 Å². The number of rotatable bonds is 4. The van der Waals surface area contributed by atoms with E-state index in [-0.39, 0.29) is 5.91 Å². The number of para-hydroxylation sites is 1. The Balaban J connectivity index is 2.08. The Kier molecular flexibility index (Phi) is 3.42. The Morgan fingerprint density at radius 2 is 2.20 bits per heavy atom. The minimum atomic E-state index is -0.273. The first-order valence-corrected chi connectivity index (χ1v) is 7.21. The lowest BCUT2D eigenvalue weighted by atomic mass is 10.2. The van der Waals surface area contributed by atoms with E-state index in [2.05, 4.69) is 10.4 Å². The molecule has 20 heavy (non-hydrogen) atoms. The quantitative estimate of drug-likeness (QED) is 0.514. The minimum absolute atomic E-state index is 0.273. The van der Waals surface area contributed by atoms with E-state index < -0.39 is 0 Å². The standard InChI is InChI=1S/C14H15N3O2S/c1-19-10-5-3-2-4-9(10)14-16-11(8-6-7-8)12(20-14)13(18)17-15/h2-5,8H,6-7,15H2,1H3,(H,17,18). The van der Waals surface area contributed by atoms with Gasteiger partial charge in [0.05, 0.1) is 18.4 Å². The molecule has 0 radical (unpaired) electrons. The zero-order valence-electron chi connectivity index (χ0n) is 11.1. The highest BCUT2D eigenvalue weighted by atomic mass is 32.1. The van der Waals surface area contributed by atoms with Crippen molar-refractivity contribution in [1.29, 1.82) is 0 Å². The lowest BCUT2D eigenvalue weighted by molar-refractivity contribution is 0.0956. The number of ether oxygens (including phenoxy) is 1. The van der Waals surface area contributed by atoms with Gasteiger partial charge in [0.2, 0.25) is 0 Å². The highest BCUT2D eigenvalue weighted by Gasteiger charge is 2.32. The molecule has 2 aromatic rings. The molecule has 104 valence electrons. The average Bonchev–Trinajstić information content (AvgIpc) is 3.25. The van der Waals surface area contributed by atoms with Gasteiger partial charge in [-0.3, -0.25) is 10.2 Å². The molecule has 1 aromatic heterocycles. The first-order valence-electron chi connectivity index (χ1n) is 6.39. The molecule has 1 aliphatic rings. The van der Waals surface area contributed by atoms with Crippen molar-refractivity contribution in [2.45, 2.75) is 18.8 Å². The Morgan fingerprint density at radius 1 is 1.45 bits per heavy atom. The first kappa shape index (κ1) is 13.1. The van der Waals surface area contributed by atoms with Crippen LogP contribution in [-0.2, 0) is 0 Å². The Bertz CT molecular complexity index is 650. The fourth-order valence-electron chi connectivity index (χ4n) is 2.13. The molecule has 3 N–H and O–H groups in total. The number of amides is 1. The van der Waals surface area contributed by atoms with E-state index in [9.17, 15) is 4.79 Å². The molecular weight excluding hydrogens is 274 g/mol. The van der Waals surface area contributed by atoms with Crippen molar-refractivity contribution in [2.24, 2.45) is 5.84 Å². The van der Waals surface area contributed by atoms with E-state index in [1.54, 1.807) is 7.11 Å². The monoisotopic (exact) mass is 289 g/mol. The summed E-state index contributed by atoms with van der Waals surface area (Å²) in [6, 6.07) is 7.67. The van der Waals surface area contributed by atoms with Gasteiger partial charge in [-0.2, -0.15) is 0 Å². The highest BCUT2D eigenvalue weighted by Crippen LogP contribution is 2.45. The van der Waals surface area contributed by atoms with Gasteiger partial charge in [-0.1, -0.05) is 12.1 Å². The zero-order valence-corrected chi connectivity index (χ0v) is 11.9. The van der Waals surface area contributed by atoms with Crippen LogP contribution < -0.4 is 16.0 Å². The first-order chi connectivity index (χ1) is 9.74. The molecule has 6 heteroatoms. The molecule has 0 atom stereocenters. The summed E-state index contributed by atoms with van der Waals surface area (Å²) in [6.07, 6.45) is 2.17. The van der Waals surface area contributed by atoms with E-state index in [0.717, 1.165) is 34.9 Å². The molecule has 3 rings (SSSR count). The van der Waals surface area contributed by atoms with Gasteiger partial charge in [-0.25, -0.2) is 10.8 Å². The molecule has 1 fully saturated rings. The predicted molar refractivity (Wildman–Crippen MR) is 77.7 cm³/mol. The van der Waals surface area contributed by atoms with Gasteiger partial charge in [0.1, 0.15) is 15.6 Å². The number of hydrogen-bond donors (Lipinski definition) is 2. The number of nitrogens with two attached hydrogens (primary N) is 1. The Morgan fingerprint density at radius 3 is 2.85 bits per heavy atom. The number of hydrazine groups is 1. The number of methoxy groups -OCH3 is 1. The smallest absolute Gasteiger partial charge is 0.277 e. The number of aromatic nitrogens is 1. The SMILES string of the molecule is COc1ccccc1-c1nc(C2CC2)c(C(=O)NN)s1. The number of carbonyl (C=O) groups excluding carboxylic acids is 1. The normalized spacial score (nSPS) is 14.1. The van der Waals surface area contributed by atoms with Crippen LogP contribution in [0.4, 0.5) is 0 Å². The molecule has 1 amide bonds. The minimum Gasteiger partial charge on any atom is -0.496 e. The topological polar surface area (TPSA) is 77.2 Å². The second kappa shape index (κ2) is 5.22. The Labute approximate surface area is 120 Å². The second-order valence-corrected chi connectivity index (χ2v) is 5.68. The molecule has 0 bridgehead atoms. The molecule has 0 aliphatic heterocycles. The summed E-state index contributed by atoms with van der Waals surface area (Å²) in [4.78, 5) is 17.1. The average molecular weight is 289 g/mol. The van der Waals surface area contributed by atoms with Crippen molar-refractivity contribution < 1.29 is 9.53 Å². The van der Waals surface area contributed by atoms with Gasteiger partial charge in [-0.05, 0) is 25.0 Å². The van der Waals surface area contributed by atoms with Gasteiger partial charge in [0.25, 0.3) is 5.91 Å². The van der Waals surface area contributed by atoms with Crippen LogP contribution in [0.2, 0.25) is 0 Å². The van der Waals surface area contributed by atoms with E-state index in [0.29, 0.717) is 10.8 Å². The summed E-state index contributed by atoms with van der Waals surface area (Å²) in [7, 11) is 1.63. The molecule has 1 aromatic carbocycles. The molecule has 1 aliphatic carbocycles. The number of nitrogen functional groups attached to an aromatic ring is 1.